The number of rotatable bonds is 4. The molecule has 32 heavy (non-hydrogen) atoms. The highest BCUT2D eigenvalue weighted by Crippen LogP contribution is 2.27. The van der Waals surface area contributed by atoms with E-state index in [2.05, 4.69) is 16.1 Å². The van der Waals surface area contributed by atoms with Gasteiger partial charge in [0.25, 0.3) is 5.91 Å². The molecule has 6 nitrogen and oxygen atoms in total. The highest BCUT2D eigenvalue weighted by molar-refractivity contribution is 5.99. The molecule has 3 aromatic rings. The van der Waals surface area contributed by atoms with E-state index in [-0.39, 0.29) is 17.2 Å². The van der Waals surface area contributed by atoms with Gasteiger partial charge in [-0.15, -0.1) is 0 Å². The standard InChI is InChI=1S/C24H23F2N5O/c1-29-16-21(23(28-29)20-8-7-19(25)13-22(20)26)24(32)31-10-2-9-30(11-12-31)15-18-5-3-17(14-27)4-6-18/h3-8,13,16H,2,9-12,15H2,1H3. The SMILES string of the molecule is Cn1cc(C(=O)N2CCCN(Cc3ccc(C#N)cc3)CC2)c(-c2ccc(F)cc2F)n1. The Labute approximate surface area is 185 Å². The average molecular weight is 435 g/mol. The van der Waals surface area contributed by atoms with Gasteiger partial charge >= 0.3 is 0 Å². The second-order valence-corrected chi connectivity index (χ2v) is 7.92. The van der Waals surface area contributed by atoms with E-state index in [1.54, 1.807) is 18.1 Å². The summed E-state index contributed by atoms with van der Waals surface area (Å²) in [5.74, 6) is -1.64. The number of nitriles is 1. The fraction of sp³-hybridized carbons (Fsp3) is 0.292. The summed E-state index contributed by atoms with van der Waals surface area (Å²) in [7, 11) is 1.67. The molecule has 0 aliphatic carbocycles. The number of aryl methyl sites for hydroxylation is 1. The lowest BCUT2D eigenvalue weighted by atomic mass is 10.1. The number of nitrogens with zero attached hydrogens (tertiary/aromatic N) is 5. The van der Waals surface area contributed by atoms with Crippen LogP contribution in [0.25, 0.3) is 11.3 Å². The lowest BCUT2D eigenvalue weighted by molar-refractivity contribution is 0.0761. The Morgan fingerprint density at radius 3 is 2.59 bits per heavy atom. The molecule has 0 unspecified atom stereocenters. The van der Waals surface area contributed by atoms with E-state index in [1.165, 1.54) is 10.7 Å². The number of carbonyl (C=O) groups excluding carboxylic acids is 1. The van der Waals surface area contributed by atoms with Crippen LogP contribution in [0, 0.1) is 23.0 Å². The van der Waals surface area contributed by atoms with Crippen LogP contribution in [0.5, 0.6) is 0 Å². The Balaban J connectivity index is 1.48. The third-order valence-corrected chi connectivity index (χ3v) is 5.61. The second kappa shape index (κ2) is 9.28. The summed E-state index contributed by atoms with van der Waals surface area (Å²) >= 11 is 0. The van der Waals surface area contributed by atoms with Crippen molar-refractivity contribution in [3.05, 3.63) is 77.0 Å². The van der Waals surface area contributed by atoms with Gasteiger partial charge in [0.1, 0.15) is 17.3 Å². The Morgan fingerprint density at radius 1 is 1.09 bits per heavy atom. The molecule has 1 aromatic heterocycles. The number of hydrogen-bond acceptors (Lipinski definition) is 4. The molecule has 0 atom stereocenters. The zero-order valence-electron chi connectivity index (χ0n) is 17.8. The van der Waals surface area contributed by atoms with Crippen LogP contribution >= 0.6 is 0 Å². The molecule has 1 aliphatic rings. The van der Waals surface area contributed by atoms with Crippen LogP contribution in [0.2, 0.25) is 0 Å². The summed E-state index contributed by atoms with van der Waals surface area (Å²) < 4.78 is 29.2. The van der Waals surface area contributed by atoms with Crippen molar-refractivity contribution < 1.29 is 13.6 Å². The first-order valence-corrected chi connectivity index (χ1v) is 10.4. The molecule has 1 fully saturated rings. The summed E-state index contributed by atoms with van der Waals surface area (Å²) in [6.45, 7) is 3.41. The van der Waals surface area contributed by atoms with Crippen LogP contribution in [0.4, 0.5) is 8.78 Å². The Hall–Kier alpha value is -3.57. The largest absolute Gasteiger partial charge is 0.337 e. The summed E-state index contributed by atoms with van der Waals surface area (Å²) in [5.41, 5.74) is 2.37. The number of benzene rings is 2. The van der Waals surface area contributed by atoms with Crippen molar-refractivity contribution in [3.63, 3.8) is 0 Å². The van der Waals surface area contributed by atoms with Crippen LogP contribution in [-0.2, 0) is 13.6 Å². The molecule has 0 saturated carbocycles. The summed E-state index contributed by atoms with van der Waals surface area (Å²) in [6.07, 6.45) is 2.39. The zero-order chi connectivity index (χ0) is 22.7. The number of aromatic nitrogens is 2. The van der Waals surface area contributed by atoms with Crippen molar-refractivity contribution in [2.75, 3.05) is 26.2 Å². The van der Waals surface area contributed by atoms with Crippen molar-refractivity contribution >= 4 is 5.91 Å². The molecular weight excluding hydrogens is 412 g/mol. The number of halogens is 2. The first-order valence-electron chi connectivity index (χ1n) is 10.4. The van der Waals surface area contributed by atoms with Crippen LogP contribution in [0.15, 0.2) is 48.7 Å². The van der Waals surface area contributed by atoms with E-state index in [9.17, 15) is 13.6 Å². The van der Waals surface area contributed by atoms with Gasteiger partial charge in [-0.25, -0.2) is 8.78 Å². The highest BCUT2D eigenvalue weighted by Gasteiger charge is 2.26. The van der Waals surface area contributed by atoms with E-state index >= 15 is 0 Å². The Bertz CT molecular complexity index is 1170. The third-order valence-electron chi connectivity index (χ3n) is 5.61. The van der Waals surface area contributed by atoms with Gasteiger partial charge in [0.15, 0.2) is 0 Å². The lowest BCUT2D eigenvalue weighted by Crippen LogP contribution is -2.35. The van der Waals surface area contributed by atoms with E-state index < -0.39 is 11.6 Å². The Morgan fingerprint density at radius 2 is 1.88 bits per heavy atom. The molecule has 1 amide bonds. The lowest BCUT2D eigenvalue weighted by Gasteiger charge is -2.22. The van der Waals surface area contributed by atoms with Crippen LogP contribution in [0.3, 0.4) is 0 Å². The van der Waals surface area contributed by atoms with E-state index in [4.69, 9.17) is 5.26 Å². The van der Waals surface area contributed by atoms with E-state index in [1.807, 2.05) is 24.3 Å². The van der Waals surface area contributed by atoms with E-state index in [0.29, 0.717) is 30.8 Å². The fourth-order valence-electron chi connectivity index (χ4n) is 3.97. The molecule has 1 saturated heterocycles. The molecule has 2 heterocycles. The molecule has 0 radical (unpaired) electrons. The number of hydrogen-bond donors (Lipinski definition) is 0. The molecule has 0 spiro atoms. The smallest absolute Gasteiger partial charge is 0.257 e. The van der Waals surface area contributed by atoms with Crippen LogP contribution in [0.1, 0.15) is 27.9 Å². The van der Waals surface area contributed by atoms with Gasteiger partial charge in [0.05, 0.1) is 17.2 Å². The van der Waals surface area contributed by atoms with Crippen molar-refractivity contribution in [2.45, 2.75) is 13.0 Å². The first kappa shape index (κ1) is 21.7. The summed E-state index contributed by atoms with van der Waals surface area (Å²) in [4.78, 5) is 17.3. The maximum absolute atomic E-state index is 14.4. The van der Waals surface area contributed by atoms with Crippen LogP contribution in [-0.4, -0.2) is 51.7 Å². The normalized spacial score (nSPS) is 14.8. The molecule has 4 rings (SSSR count). The average Bonchev–Trinajstić information content (AvgIpc) is 3.01. The highest BCUT2D eigenvalue weighted by atomic mass is 19.1. The number of amides is 1. The molecule has 2 aromatic carbocycles. The van der Waals surface area contributed by atoms with Gasteiger partial charge in [0.2, 0.25) is 0 Å². The molecule has 8 heteroatoms. The fourth-order valence-corrected chi connectivity index (χ4v) is 3.97. The van der Waals surface area contributed by atoms with Gasteiger partial charge < -0.3 is 4.90 Å². The minimum atomic E-state index is -0.748. The monoisotopic (exact) mass is 435 g/mol. The maximum Gasteiger partial charge on any atom is 0.257 e. The predicted octanol–water partition coefficient (Wildman–Crippen LogP) is 3.59. The minimum absolute atomic E-state index is 0.104. The van der Waals surface area contributed by atoms with Gasteiger partial charge in [-0.2, -0.15) is 10.4 Å². The van der Waals surface area contributed by atoms with Crippen molar-refractivity contribution in [1.29, 1.82) is 5.26 Å². The molecule has 0 N–H and O–H groups in total. The predicted molar refractivity (Wildman–Crippen MR) is 116 cm³/mol. The van der Waals surface area contributed by atoms with Gasteiger partial charge in [-0.1, -0.05) is 12.1 Å². The van der Waals surface area contributed by atoms with Crippen LogP contribution < -0.4 is 0 Å². The molecular formula is C24H23F2N5O. The number of carbonyl (C=O) groups is 1. The topological polar surface area (TPSA) is 65.2 Å². The summed E-state index contributed by atoms with van der Waals surface area (Å²) in [6, 6.07) is 12.9. The molecule has 0 bridgehead atoms. The zero-order valence-corrected chi connectivity index (χ0v) is 17.8. The first-order chi connectivity index (χ1) is 15.4. The molecule has 164 valence electrons. The van der Waals surface area contributed by atoms with Gasteiger partial charge in [-0.05, 0) is 36.2 Å². The summed E-state index contributed by atoms with van der Waals surface area (Å²) in [5, 5.41) is 13.2. The third kappa shape index (κ3) is 4.68. The van der Waals surface area contributed by atoms with Crippen molar-refractivity contribution in [3.8, 4) is 17.3 Å². The quantitative estimate of drug-likeness (QED) is 0.628. The van der Waals surface area contributed by atoms with Crippen molar-refractivity contribution in [2.24, 2.45) is 7.05 Å². The maximum atomic E-state index is 14.4. The van der Waals surface area contributed by atoms with Gasteiger partial charge in [-0.3, -0.25) is 14.4 Å². The van der Waals surface area contributed by atoms with E-state index in [0.717, 1.165) is 37.2 Å². The molecule has 1 aliphatic heterocycles. The Kier molecular flexibility index (Phi) is 6.28. The van der Waals surface area contributed by atoms with Crippen molar-refractivity contribution in [1.82, 2.24) is 19.6 Å². The van der Waals surface area contributed by atoms with Gasteiger partial charge in [0, 0.05) is 57.6 Å². The second-order valence-electron chi connectivity index (χ2n) is 7.92. The minimum Gasteiger partial charge on any atom is -0.337 e.